The van der Waals surface area contributed by atoms with Gasteiger partial charge in [-0.15, -0.1) is 0 Å². The van der Waals surface area contributed by atoms with Gasteiger partial charge in [0.05, 0.1) is 19.7 Å². The first-order valence-electron chi connectivity index (χ1n) is 10.2. The standard InChI is InChI=1S/C25H24FN3O4/c1-17-6-12-21(13-7-17)28-24(31)16-33-25-19(4-3-5-22(25)32-2)15-27-29-23(30)14-18-8-10-20(26)11-9-18/h3-13,15H,14,16H2,1-2H3,(H,28,31)(H,29,30)/b27-15+. The van der Waals surface area contributed by atoms with E-state index in [1.807, 2.05) is 31.2 Å². The van der Waals surface area contributed by atoms with Crippen molar-refractivity contribution in [3.63, 3.8) is 0 Å². The highest BCUT2D eigenvalue weighted by Gasteiger charge is 2.12. The Labute approximate surface area is 191 Å². The van der Waals surface area contributed by atoms with Crippen LogP contribution in [-0.2, 0) is 16.0 Å². The van der Waals surface area contributed by atoms with Crippen LogP contribution < -0.4 is 20.2 Å². The largest absolute Gasteiger partial charge is 0.493 e. The molecule has 33 heavy (non-hydrogen) atoms. The molecule has 0 aliphatic rings. The Hall–Kier alpha value is -4.20. The van der Waals surface area contributed by atoms with Gasteiger partial charge in [-0.3, -0.25) is 9.59 Å². The van der Waals surface area contributed by atoms with E-state index in [4.69, 9.17) is 9.47 Å². The minimum absolute atomic E-state index is 0.0538. The fraction of sp³-hybridized carbons (Fsp3) is 0.160. The number of amides is 2. The molecule has 2 N–H and O–H groups in total. The Balaban J connectivity index is 1.61. The van der Waals surface area contributed by atoms with Crippen molar-refractivity contribution >= 4 is 23.7 Å². The topological polar surface area (TPSA) is 89.0 Å². The molecule has 0 radical (unpaired) electrons. The van der Waals surface area contributed by atoms with E-state index < -0.39 is 0 Å². The summed E-state index contributed by atoms with van der Waals surface area (Å²) in [6.07, 6.45) is 1.45. The summed E-state index contributed by atoms with van der Waals surface area (Å²) in [5, 5.41) is 6.72. The van der Waals surface area contributed by atoms with Gasteiger partial charge in [0, 0.05) is 11.3 Å². The molecule has 0 aromatic heterocycles. The van der Waals surface area contributed by atoms with Gasteiger partial charge in [-0.25, -0.2) is 9.82 Å². The molecule has 0 aliphatic carbocycles. The second-order valence-electron chi connectivity index (χ2n) is 7.18. The molecule has 0 saturated heterocycles. The molecule has 0 unspecified atom stereocenters. The van der Waals surface area contributed by atoms with E-state index in [1.165, 1.54) is 37.6 Å². The normalized spacial score (nSPS) is 10.6. The number of halogens is 1. The number of rotatable bonds is 9. The quantitative estimate of drug-likeness (QED) is 0.384. The van der Waals surface area contributed by atoms with E-state index in [-0.39, 0.29) is 30.7 Å². The molecule has 0 fully saturated rings. The molecule has 0 spiro atoms. The van der Waals surface area contributed by atoms with Gasteiger partial charge in [-0.05, 0) is 48.9 Å². The SMILES string of the molecule is COc1cccc(/C=N/NC(=O)Cc2ccc(F)cc2)c1OCC(=O)Nc1ccc(C)cc1. The first-order valence-corrected chi connectivity index (χ1v) is 10.2. The molecular weight excluding hydrogens is 425 g/mol. The Morgan fingerprint density at radius 3 is 2.42 bits per heavy atom. The third-order valence-corrected chi connectivity index (χ3v) is 4.58. The highest BCUT2D eigenvalue weighted by Crippen LogP contribution is 2.30. The number of benzene rings is 3. The van der Waals surface area contributed by atoms with Crippen molar-refractivity contribution in [2.45, 2.75) is 13.3 Å². The number of ether oxygens (including phenoxy) is 2. The predicted molar refractivity (Wildman–Crippen MR) is 124 cm³/mol. The van der Waals surface area contributed by atoms with Gasteiger partial charge in [0.25, 0.3) is 5.91 Å². The zero-order valence-corrected chi connectivity index (χ0v) is 18.3. The second-order valence-corrected chi connectivity index (χ2v) is 7.18. The third kappa shape index (κ3) is 7.17. The van der Waals surface area contributed by atoms with Gasteiger partial charge in [-0.2, -0.15) is 5.10 Å². The molecular formula is C25H24FN3O4. The van der Waals surface area contributed by atoms with Crippen molar-refractivity contribution in [1.82, 2.24) is 5.43 Å². The molecule has 0 bridgehead atoms. The zero-order valence-electron chi connectivity index (χ0n) is 18.3. The summed E-state index contributed by atoms with van der Waals surface area (Å²) in [7, 11) is 1.49. The highest BCUT2D eigenvalue weighted by atomic mass is 19.1. The number of nitrogens with zero attached hydrogens (tertiary/aromatic N) is 1. The summed E-state index contributed by atoms with van der Waals surface area (Å²) < 4.78 is 24.0. The molecule has 3 aromatic carbocycles. The van der Waals surface area contributed by atoms with Crippen LogP contribution in [0.25, 0.3) is 0 Å². The van der Waals surface area contributed by atoms with Gasteiger partial charge in [0.15, 0.2) is 18.1 Å². The lowest BCUT2D eigenvalue weighted by molar-refractivity contribution is -0.120. The van der Waals surface area contributed by atoms with Crippen molar-refractivity contribution in [2.75, 3.05) is 19.0 Å². The van der Waals surface area contributed by atoms with E-state index in [0.29, 0.717) is 28.3 Å². The lowest BCUT2D eigenvalue weighted by atomic mass is 10.1. The van der Waals surface area contributed by atoms with Crippen LogP contribution in [0.5, 0.6) is 11.5 Å². The molecule has 0 atom stereocenters. The van der Waals surface area contributed by atoms with Crippen molar-refractivity contribution in [3.05, 3.63) is 89.2 Å². The lowest BCUT2D eigenvalue weighted by Gasteiger charge is -2.13. The van der Waals surface area contributed by atoms with Crippen molar-refractivity contribution in [3.8, 4) is 11.5 Å². The number of methoxy groups -OCH3 is 1. The van der Waals surface area contributed by atoms with E-state index in [2.05, 4.69) is 15.8 Å². The van der Waals surface area contributed by atoms with Gasteiger partial charge in [-0.1, -0.05) is 35.9 Å². The summed E-state index contributed by atoms with van der Waals surface area (Å²) in [5.74, 6) is -0.327. The molecule has 8 heteroatoms. The molecule has 0 heterocycles. The van der Waals surface area contributed by atoms with Crippen molar-refractivity contribution < 1.29 is 23.5 Å². The van der Waals surface area contributed by atoms with Crippen LogP contribution in [0.1, 0.15) is 16.7 Å². The second kappa shape index (κ2) is 11.4. The van der Waals surface area contributed by atoms with E-state index >= 15 is 0 Å². The Morgan fingerprint density at radius 1 is 1.00 bits per heavy atom. The lowest BCUT2D eigenvalue weighted by Crippen LogP contribution is -2.21. The Morgan fingerprint density at radius 2 is 1.73 bits per heavy atom. The summed E-state index contributed by atoms with van der Waals surface area (Å²) >= 11 is 0. The summed E-state index contributed by atoms with van der Waals surface area (Å²) in [4.78, 5) is 24.4. The average Bonchev–Trinajstić information content (AvgIpc) is 2.81. The number of carbonyl (C=O) groups is 2. The van der Waals surface area contributed by atoms with E-state index in [9.17, 15) is 14.0 Å². The van der Waals surface area contributed by atoms with Crippen LogP contribution in [0.15, 0.2) is 71.8 Å². The number of para-hydroxylation sites is 1. The molecule has 0 saturated carbocycles. The minimum Gasteiger partial charge on any atom is -0.493 e. The number of carbonyl (C=O) groups excluding carboxylic acids is 2. The number of hydrogen-bond acceptors (Lipinski definition) is 5. The predicted octanol–water partition coefficient (Wildman–Crippen LogP) is 3.85. The third-order valence-electron chi connectivity index (χ3n) is 4.58. The number of aryl methyl sites for hydroxylation is 1. The molecule has 7 nitrogen and oxygen atoms in total. The fourth-order valence-corrected chi connectivity index (χ4v) is 2.92. The van der Waals surface area contributed by atoms with Crippen LogP contribution in [0.2, 0.25) is 0 Å². The van der Waals surface area contributed by atoms with E-state index in [0.717, 1.165) is 5.56 Å². The molecule has 3 aromatic rings. The van der Waals surface area contributed by atoms with Crippen LogP contribution in [0.4, 0.5) is 10.1 Å². The average molecular weight is 449 g/mol. The molecule has 0 aliphatic heterocycles. The Kier molecular flexibility index (Phi) is 8.13. The maximum atomic E-state index is 13.0. The van der Waals surface area contributed by atoms with Gasteiger partial charge >= 0.3 is 0 Å². The zero-order chi connectivity index (χ0) is 23.6. The van der Waals surface area contributed by atoms with E-state index in [1.54, 1.807) is 18.2 Å². The van der Waals surface area contributed by atoms with Crippen molar-refractivity contribution in [1.29, 1.82) is 0 Å². The molecule has 170 valence electrons. The van der Waals surface area contributed by atoms with Crippen LogP contribution in [0, 0.1) is 12.7 Å². The highest BCUT2D eigenvalue weighted by molar-refractivity contribution is 5.92. The van der Waals surface area contributed by atoms with Crippen molar-refractivity contribution in [2.24, 2.45) is 5.10 Å². The number of anilines is 1. The summed E-state index contributed by atoms with van der Waals surface area (Å²) in [5.41, 5.74) is 5.35. The number of hydrazone groups is 1. The van der Waals surface area contributed by atoms with Crippen LogP contribution >= 0.6 is 0 Å². The van der Waals surface area contributed by atoms with Gasteiger partial charge in [0.1, 0.15) is 5.82 Å². The number of nitrogens with one attached hydrogen (secondary N) is 2. The Bertz CT molecular complexity index is 1130. The maximum absolute atomic E-state index is 13.0. The fourth-order valence-electron chi connectivity index (χ4n) is 2.92. The first kappa shape index (κ1) is 23.5. The monoisotopic (exact) mass is 449 g/mol. The smallest absolute Gasteiger partial charge is 0.262 e. The minimum atomic E-state index is -0.365. The number of hydrogen-bond donors (Lipinski definition) is 2. The van der Waals surface area contributed by atoms with Gasteiger partial charge < -0.3 is 14.8 Å². The summed E-state index contributed by atoms with van der Waals surface area (Å²) in [6, 6.07) is 18.2. The summed E-state index contributed by atoms with van der Waals surface area (Å²) in [6.45, 7) is 1.72. The molecule has 3 rings (SSSR count). The molecule has 2 amide bonds. The van der Waals surface area contributed by atoms with Gasteiger partial charge in [0.2, 0.25) is 5.91 Å². The maximum Gasteiger partial charge on any atom is 0.262 e. The van der Waals surface area contributed by atoms with Crippen LogP contribution in [-0.4, -0.2) is 31.7 Å². The van der Waals surface area contributed by atoms with Crippen LogP contribution in [0.3, 0.4) is 0 Å². The first-order chi connectivity index (χ1) is 15.9.